The average molecular weight is 727 g/mol. The highest BCUT2D eigenvalue weighted by Crippen LogP contribution is 2.59. The SMILES string of the molecule is COc1cc(C[N+]2(C)C3CCC2CC(C(CC(=O)O)(C(=O)O)C2CC4CCC(C2)[N+]4(C)Cc2cc(OC)c(OC)c(OC)c2)C3)cc(OC)c1OC. The Labute approximate surface area is 307 Å². The number of carboxylic acids is 2. The van der Waals surface area contributed by atoms with Gasteiger partial charge in [-0.25, -0.2) is 0 Å². The van der Waals surface area contributed by atoms with E-state index in [-0.39, 0.29) is 42.4 Å². The molecule has 6 rings (SSSR count). The Morgan fingerprint density at radius 1 is 0.596 bits per heavy atom. The maximum absolute atomic E-state index is 13.8. The topological polar surface area (TPSA) is 130 Å². The van der Waals surface area contributed by atoms with Crippen molar-refractivity contribution in [3.63, 3.8) is 0 Å². The van der Waals surface area contributed by atoms with Gasteiger partial charge in [-0.1, -0.05) is 0 Å². The zero-order chi connectivity index (χ0) is 37.6. The van der Waals surface area contributed by atoms with Crippen LogP contribution in [0.25, 0.3) is 0 Å². The third kappa shape index (κ3) is 6.19. The first-order chi connectivity index (χ1) is 24.8. The van der Waals surface area contributed by atoms with E-state index < -0.39 is 17.4 Å². The zero-order valence-electron chi connectivity index (χ0n) is 32.1. The third-order valence-electron chi connectivity index (χ3n) is 14.0. The molecule has 2 aromatic rings. The number of hydrogen-bond donors (Lipinski definition) is 2. The standard InChI is InChI=1S/C40H56N2O10/c1-41(22-24-13-32(47-3)37(51-7)33(14-24)48-4)28-9-10-29(41)18-26(17-28)40(39(45)46,21-36(43)44)27-19-30-11-12-31(20-27)42(30,2)23-25-15-34(49-5)38(52-8)35(16-25)50-6/h13-16,26-31H,9-12,17-23H2,1-8H3/p+2. The predicted molar refractivity (Wildman–Crippen MR) is 193 cm³/mol. The molecule has 286 valence electrons. The summed E-state index contributed by atoms with van der Waals surface area (Å²) in [6.07, 6.45) is 6.40. The Bertz CT molecular complexity index is 1480. The second-order valence-electron chi connectivity index (χ2n) is 16.1. The Balaban J connectivity index is 1.28. The summed E-state index contributed by atoms with van der Waals surface area (Å²) in [7, 11) is 14.2. The van der Waals surface area contributed by atoms with Crippen molar-refractivity contribution in [2.24, 2.45) is 17.3 Å². The molecule has 0 aliphatic carbocycles. The minimum Gasteiger partial charge on any atom is -0.493 e. The van der Waals surface area contributed by atoms with Gasteiger partial charge in [0.05, 0.1) is 92.8 Å². The van der Waals surface area contributed by atoms with E-state index in [9.17, 15) is 19.8 Å². The van der Waals surface area contributed by atoms with E-state index in [1.807, 2.05) is 24.3 Å². The molecule has 0 radical (unpaired) electrons. The number of piperidine rings is 2. The van der Waals surface area contributed by atoms with Gasteiger partial charge in [0.1, 0.15) is 13.1 Å². The first-order valence-corrected chi connectivity index (χ1v) is 18.5. The molecule has 4 atom stereocenters. The Hall–Kier alpha value is -3.90. The molecule has 2 N–H and O–H groups in total. The number of fused-ring (bicyclic) bond motifs is 4. The van der Waals surface area contributed by atoms with Gasteiger partial charge in [-0.3, -0.25) is 9.59 Å². The number of methoxy groups -OCH3 is 6. The van der Waals surface area contributed by atoms with Crippen LogP contribution in [0.15, 0.2) is 24.3 Å². The van der Waals surface area contributed by atoms with Crippen molar-refractivity contribution < 1.29 is 57.2 Å². The number of benzene rings is 2. The van der Waals surface area contributed by atoms with Crippen LogP contribution in [-0.4, -0.2) is 112 Å². The summed E-state index contributed by atoms with van der Waals surface area (Å²) < 4.78 is 35.3. The van der Waals surface area contributed by atoms with E-state index in [0.717, 1.165) is 58.9 Å². The van der Waals surface area contributed by atoms with Crippen molar-refractivity contribution in [1.82, 2.24) is 0 Å². The highest BCUT2D eigenvalue weighted by molar-refractivity contribution is 5.82. The van der Waals surface area contributed by atoms with Gasteiger partial charge in [0, 0.05) is 62.5 Å². The zero-order valence-corrected chi connectivity index (χ0v) is 32.1. The van der Waals surface area contributed by atoms with Crippen LogP contribution in [0.3, 0.4) is 0 Å². The molecule has 52 heavy (non-hydrogen) atoms. The molecule has 0 spiro atoms. The fourth-order valence-corrected chi connectivity index (χ4v) is 11.4. The number of rotatable bonds is 15. The number of ether oxygens (including phenoxy) is 6. The number of nitrogens with zero attached hydrogens (tertiary/aromatic N) is 2. The van der Waals surface area contributed by atoms with Crippen LogP contribution in [0.4, 0.5) is 0 Å². The van der Waals surface area contributed by atoms with E-state index >= 15 is 0 Å². The Morgan fingerprint density at radius 3 is 1.13 bits per heavy atom. The largest absolute Gasteiger partial charge is 0.493 e. The number of carbonyl (C=O) groups is 2. The van der Waals surface area contributed by atoms with Crippen LogP contribution in [0.1, 0.15) is 68.9 Å². The highest BCUT2D eigenvalue weighted by atomic mass is 16.5. The lowest BCUT2D eigenvalue weighted by Gasteiger charge is -2.55. The second-order valence-corrected chi connectivity index (χ2v) is 16.1. The number of quaternary nitrogens is 2. The lowest BCUT2D eigenvalue weighted by Crippen LogP contribution is -2.63. The molecule has 0 aromatic heterocycles. The van der Waals surface area contributed by atoms with Crippen molar-refractivity contribution in [3.8, 4) is 34.5 Å². The summed E-state index contributed by atoms with van der Waals surface area (Å²) >= 11 is 0. The van der Waals surface area contributed by atoms with Gasteiger partial charge in [0.25, 0.3) is 0 Å². The van der Waals surface area contributed by atoms with Gasteiger partial charge in [-0.15, -0.1) is 0 Å². The quantitative estimate of drug-likeness (QED) is 0.219. The van der Waals surface area contributed by atoms with Crippen LogP contribution >= 0.6 is 0 Å². The summed E-state index contributed by atoms with van der Waals surface area (Å²) in [5.74, 6) is 1.14. The van der Waals surface area contributed by atoms with E-state index in [0.29, 0.717) is 60.2 Å². The molecule has 4 bridgehead atoms. The third-order valence-corrected chi connectivity index (χ3v) is 14.0. The molecule has 4 saturated heterocycles. The van der Waals surface area contributed by atoms with Crippen LogP contribution in [-0.2, 0) is 22.7 Å². The van der Waals surface area contributed by atoms with Crippen molar-refractivity contribution in [3.05, 3.63) is 35.4 Å². The molecule has 0 amide bonds. The lowest BCUT2D eigenvalue weighted by molar-refractivity contribution is -0.963. The first kappa shape index (κ1) is 37.8. The Morgan fingerprint density at radius 2 is 0.904 bits per heavy atom. The molecular formula is C40H58N2O10+2. The van der Waals surface area contributed by atoms with Gasteiger partial charge < -0.3 is 47.6 Å². The highest BCUT2D eigenvalue weighted by Gasteiger charge is 2.64. The van der Waals surface area contributed by atoms with E-state index in [1.54, 1.807) is 42.7 Å². The summed E-state index contributed by atoms with van der Waals surface area (Å²) in [5.41, 5.74) is 0.800. The van der Waals surface area contributed by atoms with Crippen molar-refractivity contribution in [2.75, 3.05) is 56.8 Å². The van der Waals surface area contributed by atoms with Gasteiger partial charge >= 0.3 is 11.9 Å². The molecule has 4 fully saturated rings. The smallest absolute Gasteiger partial charge is 0.310 e. The van der Waals surface area contributed by atoms with Crippen LogP contribution in [0.2, 0.25) is 0 Å². The fourth-order valence-electron chi connectivity index (χ4n) is 11.4. The second kappa shape index (κ2) is 14.5. The number of carboxylic acid groups (broad SMARTS) is 2. The molecule has 12 nitrogen and oxygen atoms in total. The van der Waals surface area contributed by atoms with Gasteiger partial charge in [-0.2, -0.15) is 0 Å². The predicted octanol–water partition coefficient (Wildman–Crippen LogP) is 5.76. The van der Waals surface area contributed by atoms with E-state index in [2.05, 4.69) is 14.1 Å². The molecule has 0 saturated carbocycles. The first-order valence-electron chi connectivity index (χ1n) is 18.5. The van der Waals surface area contributed by atoms with Crippen LogP contribution in [0, 0.1) is 17.3 Å². The van der Waals surface area contributed by atoms with Crippen LogP contribution in [0.5, 0.6) is 34.5 Å². The molecular weight excluding hydrogens is 668 g/mol. The molecule has 4 aliphatic heterocycles. The van der Waals surface area contributed by atoms with Gasteiger partial charge in [0.15, 0.2) is 23.0 Å². The molecule has 12 heteroatoms. The average Bonchev–Trinajstić information content (AvgIpc) is 3.36. The number of hydrogen-bond acceptors (Lipinski definition) is 8. The van der Waals surface area contributed by atoms with Crippen molar-refractivity contribution >= 4 is 11.9 Å². The minimum atomic E-state index is -1.33. The number of aliphatic carboxylic acids is 2. The monoisotopic (exact) mass is 726 g/mol. The maximum Gasteiger partial charge on any atom is 0.310 e. The van der Waals surface area contributed by atoms with Gasteiger partial charge in [0.2, 0.25) is 11.5 Å². The lowest BCUT2D eigenvalue weighted by atomic mass is 9.57. The molecule has 2 aromatic carbocycles. The molecule has 4 aliphatic rings. The van der Waals surface area contributed by atoms with Crippen molar-refractivity contribution in [1.29, 1.82) is 0 Å². The summed E-state index contributed by atoms with van der Waals surface area (Å²) in [4.78, 5) is 26.5. The van der Waals surface area contributed by atoms with Gasteiger partial charge in [-0.05, 0) is 36.1 Å². The Kier molecular flexibility index (Phi) is 10.5. The molecule has 4 unspecified atom stereocenters. The van der Waals surface area contributed by atoms with E-state index in [4.69, 9.17) is 28.4 Å². The van der Waals surface area contributed by atoms with Crippen LogP contribution < -0.4 is 28.4 Å². The summed E-state index contributed by atoms with van der Waals surface area (Å²) in [6.45, 7) is 1.48. The van der Waals surface area contributed by atoms with E-state index in [1.165, 1.54) is 0 Å². The fraction of sp³-hybridized carbons (Fsp3) is 0.650. The van der Waals surface area contributed by atoms with Crippen molar-refractivity contribution in [2.45, 2.75) is 95.0 Å². The summed E-state index contributed by atoms with van der Waals surface area (Å²) in [5, 5.41) is 21.7. The summed E-state index contributed by atoms with van der Waals surface area (Å²) in [6, 6.07) is 8.91. The molecule has 4 heterocycles. The normalized spacial score (nSPS) is 31.7. The minimum absolute atomic E-state index is 0.219. The maximum atomic E-state index is 13.8.